The molecule has 1 fully saturated rings. The first-order chi connectivity index (χ1) is 11.6. The van der Waals surface area contributed by atoms with Crippen LogP contribution in [0, 0.1) is 6.92 Å². The fourth-order valence-electron chi connectivity index (χ4n) is 2.82. The van der Waals surface area contributed by atoms with Crippen molar-refractivity contribution >= 4 is 6.29 Å². The molecule has 1 N–H and O–H groups in total. The quantitative estimate of drug-likeness (QED) is 0.835. The summed E-state index contributed by atoms with van der Waals surface area (Å²) in [4.78, 5) is 11.4. The number of carbonyl (C=O) groups excluding carboxylic acids is 1. The van der Waals surface area contributed by atoms with Crippen molar-refractivity contribution in [2.75, 3.05) is 35.0 Å². The molecule has 0 aromatic heterocycles. The van der Waals surface area contributed by atoms with Crippen LogP contribution in [0.5, 0.6) is 11.5 Å². The first-order valence-corrected chi connectivity index (χ1v) is 8.38. The highest BCUT2D eigenvalue weighted by molar-refractivity contribution is 5.66. The zero-order valence-electron chi connectivity index (χ0n) is 16.2. The Bertz CT molecular complexity index is 483. The minimum absolute atomic E-state index is 0.411. The topological polar surface area (TPSA) is 56.8 Å². The number of methoxy groups -OCH3 is 3. The molecule has 2 rings (SSSR count). The van der Waals surface area contributed by atoms with E-state index in [0.29, 0.717) is 6.42 Å². The van der Waals surface area contributed by atoms with E-state index >= 15 is 0 Å². The summed E-state index contributed by atoms with van der Waals surface area (Å²) in [5, 5.41) is 3.31. The van der Waals surface area contributed by atoms with Crippen molar-refractivity contribution in [3.05, 3.63) is 23.3 Å². The van der Waals surface area contributed by atoms with Gasteiger partial charge in [-0.15, -0.1) is 0 Å². The third-order valence-corrected chi connectivity index (χ3v) is 3.75. The molecule has 24 heavy (non-hydrogen) atoms. The summed E-state index contributed by atoms with van der Waals surface area (Å²) in [7, 11) is 6.51. The number of rotatable bonds is 5. The summed E-state index contributed by atoms with van der Waals surface area (Å²) in [6.07, 6.45) is 3.68. The molecule has 1 aromatic carbocycles. The van der Waals surface area contributed by atoms with Crippen molar-refractivity contribution < 1.29 is 19.0 Å². The van der Waals surface area contributed by atoms with Gasteiger partial charge >= 0.3 is 0 Å². The first-order valence-electron chi connectivity index (χ1n) is 8.38. The highest BCUT2D eigenvalue weighted by atomic mass is 16.5. The van der Waals surface area contributed by atoms with Crippen molar-refractivity contribution in [3.8, 4) is 11.5 Å². The van der Waals surface area contributed by atoms with Gasteiger partial charge in [0.05, 0.1) is 19.8 Å². The molecule has 0 bridgehead atoms. The number of carbonyl (C=O) groups is 1. The molecule has 0 radical (unpaired) electrons. The third kappa shape index (κ3) is 6.13. The highest BCUT2D eigenvalue weighted by Gasteiger charge is 2.33. The maximum absolute atomic E-state index is 11.4. The van der Waals surface area contributed by atoms with Crippen LogP contribution >= 0.6 is 0 Å². The average molecular weight is 339 g/mol. The lowest BCUT2D eigenvalue weighted by molar-refractivity contribution is -0.112. The van der Waals surface area contributed by atoms with Crippen LogP contribution < -0.4 is 14.8 Å². The molecule has 138 valence electrons. The van der Waals surface area contributed by atoms with E-state index in [4.69, 9.17) is 9.47 Å². The molecule has 5 nitrogen and oxygen atoms in total. The van der Waals surface area contributed by atoms with Gasteiger partial charge in [0.1, 0.15) is 6.29 Å². The Morgan fingerprint density at radius 1 is 1.17 bits per heavy atom. The van der Waals surface area contributed by atoms with Crippen molar-refractivity contribution in [3.63, 3.8) is 0 Å². The molecule has 1 aromatic rings. The molecule has 0 aliphatic carbocycles. The number of aryl methyl sites for hydroxylation is 1. The smallest absolute Gasteiger partial charge is 0.163 e. The molecule has 1 atom stereocenters. The SMILES string of the molecule is CC.COC.COc1cc(CC2(C=O)CCCN2)cc(C)c1OC. The second kappa shape index (κ2) is 11.9. The van der Waals surface area contributed by atoms with Crippen LogP contribution in [0.1, 0.15) is 37.8 Å². The second-order valence-electron chi connectivity index (χ2n) is 5.54. The predicted octanol–water partition coefficient (Wildman–Crippen LogP) is 3.16. The fourth-order valence-corrected chi connectivity index (χ4v) is 2.82. The zero-order valence-corrected chi connectivity index (χ0v) is 16.2. The molecule has 1 saturated heterocycles. The van der Waals surface area contributed by atoms with Crippen LogP contribution in [-0.2, 0) is 16.0 Å². The fraction of sp³-hybridized carbons (Fsp3) is 0.632. The monoisotopic (exact) mass is 339 g/mol. The van der Waals surface area contributed by atoms with Crippen molar-refractivity contribution in [2.24, 2.45) is 0 Å². The highest BCUT2D eigenvalue weighted by Crippen LogP contribution is 2.33. The molecular weight excluding hydrogens is 306 g/mol. The number of ether oxygens (including phenoxy) is 3. The maximum Gasteiger partial charge on any atom is 0.163 e. The molecule has 1 heterocycles. The molecule has 0 spiro atoms. The predicted molar refractivity (Wildman–Crippen MR) is 98.3 cm³/mol. The summed E-state index contributed by atoms with van der Waals surface area (Å²) >= 11 is 0. The summed E-state index contributed by atoms with van der Waals surface area (Å²) in [5.74, 6) is 1.47. The van der Waals surface area contributed by atoms with Gasteiger partial charge in [0.2, 0.25) is 0 Å². The first kappa shape index (κ1) is 22.4. The Morgan fingerprint density at radius 2 is 1.79 bits per heavy atom. The molecule has 0 amide bonds. The summed E-state index contributed by atoms with van der Waals surface area (Å²) in [6.45, 7) is 6.89. The van der Waals surface area contributed by atoms with Crippen LogP contribution in [0.15, 0.2) is 12.1 Å². The number of nitrogens with one attached hydrogen (secondary N) is 1. The van der Waals surface area contributed by atoms with E-state index in [1.807, 2.05) is 26.8 Å². The second-order valence-corrected chi connectivity index (χ2v) is 5.54. The van der Waals surface area contributed by atoms with Crippen molar-refractivity contribution in [2.45, 2.75) is 45.6 Å². The molecule has 1 aliphatic rings. The number of hydrogen-bond acceptors (Lipinski definition) is 5. The Morgan fingerprint density at radius 3 is 2.21 bits per heavy atom. The van der Waals surface area contributed by atoms with E-state index < -0.39 is 5.54 Å². The van der Waals surface area contributed by atoms with Crippen LogP contribution in [0.2, 0.25) is 0 Å². The lowest BCUT2D eigenvalue weighted by Gasteiger charge is -2.23. The van der Waals surface area contributed by atoms with Gasteiger partial charge in [-0.25, -0.2) is 0 Å². The largest absolute Gasteiger partial charge is 0.493 e. The Balaban J connectivity index is 0.000000952. The van der Waals surface area contributed by atoms with Gasteiger partial charge in [0.25, 0.3) is 0 Å². The number of aldehydes is 1. The van der Waals surface area contributed by atoms with Gasteiger partial charge in [-0.1, -0.05) is 19.9 Å². The molecule has 1 unspecified atom stereocenters. The summed E-state index contributed by atoms with van der Waals surface area (Å²) in [6, 6.07) is 4.02. The lowest BCUT2D eigenvalue weighted by atomic mass is 9.90. The van der Waals surface area contributed by atoms with Gasteiger partial charge in [0.15, 0.2) is 11.5 Å². The lowest BCUT2D eigenvalue weighted by Crippen LogP contribution is -2.43. The van der Waals surface area contributed by atoms with Crippen LogP contribution in [0.4, 0.5) is 0 Å². The molecule has 5 heteroatoms. The zero-order chi connectivity index (χ0) is 18.6. The normalized spacial score (nSPS) is 18.6. The summed E-state index contributed by atoms with van der Waals surface area (Å²) < 4.78 is 14.9. The molecule has 1 aliphatic heterocycles. The minimum atomic E-state index is -0.411. The third-order valence-electron chi connectivity index (χ3n) is 3.75. The van der Waals surface area contributed by atoms with E-state index in [2.05, 4.69) is 16.1 Å². The van der Waals surface area contributed by atoms with Gasteiger partial charge in [-0.2, -0.15) is 0 Å². The Kier molecular flexibility index (Phi) is 11.1. The van der Waals surface area contributed by atoms with Crippen molar-refractivity contribution in [1.29, 1.82) is 0 Å². The molecule has 0 saturated carbocycles. The number of hydrogen-bond donors (Lipinski definition) is 1. The van der Waals surface area contributed by atoms with Gasteiger partial charge in [0, 0.05) is 14.2 Å². The van der Waals surface area contributed by atoms with Crippen LogP contribution in [-0.4, -0.2) is 46.8 Å². The van der Waals surface area contributed by atoms with E-state index in [9.17, 15) is 4.79 Å². The average Bonchev–Trinajstić information content (AvgIpc) is 3.06. The summed E-state index contributed by atoms with van der Waals surface area (Å²) in [5.41, 5.74) is 1.71. The van der Waals surface area contributed by atoms with E-state index in [0.717, 1.165) is 48.3 Å². The van der Waals surface area contributed by atoms with E-state index in [-0.39, 0.29) is 0 Å². The maximum atomic E-state index is 11.4. The van der Waals surface area contributed by atoms with E-state index in [1.165, 1.54) is 0 Å². The minimum Gasteiger partial charge on any atom is -0.493 e. The van der Waals surface area contributed by atoms with Gasteiger partial charge in [-0.05, 0) is 49.9 Å². The van der Waals surface area contributed by atoms with Crippen molar-refractivity contribution in [1.82, 2.24) is 5.32 Å². The number of benzene rings is 1. The Labute approximate surface area is 146 Å². The van der Waals surface area contributed by atoms with Gasteiger partial charge < -0.3 is 24.3 Å². The Hall–Kier alpha value is -1.59. The van der Waals surface area contributed by atoms with Crippen LogP contribution in [0.3, 0.4) is 0 Å². The van der Waals surface area contributed by atoms with E-state index in [1.54, 1.807) is 28.4 Å². The standard InChI is InChI=1S/C15H21NO3.C2H6O.C2H6/c1-11-7-12(8-13(18-2)14(11)19-3)9-15(10-17)5-4-6-16-15;1-3-2;1-2/h7-8,10,16H,4-6,9H2,1-3H3;1-2H3;1-2H3. The van der Waals surface area contributed by atoms with Crippen LogP contribution in [0.25, 0.3) is 0 Å². The molecular formula is C19H33NO4. The van der Waals surface area contributed by atoms with Gasteiger partial charge in [-0.3, -0.25) is 0 Å².